The highest BCUT2D eigenvalue weighted by molar-refractivity contribution is 9.10. The fraction of sp³-hybridized carbons (Fsp3) is 0.583. The Bertz CT molecular complexity index is 404. The van der Waals surface area contributed by atoms with Crippen molar-refractivity contribution >= 4 is 24.2 Å². The summed E-state index contributed by atoms with van der Waals surface area (Å²) in [5, 5.41) is 0.124. The van der Waals surface area contributed by atoms with E-state index in [4.69, 9.17) is 4.43 Å². The summed E-state index contributed by atoms with van der Waals surface area (Å²) >= 11 is 3.18. The highest BCUT2D eigenvalue weighted by Gasteiger charge is 2.37. The molecule has 0 amide bonds. The van der Waals surface area contributed by atoms with Gasteiger partial charge in [0.25, 0.3) is 0 Å². The fourth-order valence-corrected chi connectivity index (χ4v) is 2.25. The van der Waals surface area contributed by atoms with Crippen LogP contribution in [-0.2, 0) is 11.0 Å². The van der Waals surface area contributed by atoms with Crippen LogP contribution >= 0.6 is 15.9 Å². The Morgan fingerprint density at radius 1 is 1.41 bits per heavy atom. The first-order chi connectivity index (χ1) is 7.63. The lowest BCUT2D eigenvalue weighted by atomic mass is 10.2. The molecule has 0 unspecified atom stereocenters. The van der Waals surface area contributed by atoms with Crippen LogP contribution in [0.5, 0.6) is 0 Å². The summed E-state index contributed by atoms with van der Waals surface area (Å²) in [6, 6.07) is 1.41. The van der Waals surface area contributed by atoms with Crippen molar-refractivity contribution in [2.45, 2.75) is 45.5 Å². The van der Waals surface area contributed by atoms with E-state index in [1.807, 2.05) is 0 Å². The van der Waals surface area contributed by atoms with Crippen LogP contribution in [0.2, 0.25) is 18.1 Å². The summed E-state index contributed by atoms with van der Waals surface area (Å²) in [5.74, 6) is -0.321. The summed E-state index contributed by atoms with van der Waals surface area (Å²) < 4.78 is 20.1. The van der Waals surface area contributed by atoms with Crippen LogP contribution in [0.25, 0.3) is 0 Å². The predicted octanol–water partition coefficient (Wildman–Crippen LogP) is 4.51. The van der Waals surface area contributed by atoms with E-state index in [2.05, 4.69) is 54.8 Å². The van der Waals surface area contributed by atoms with Gasteiger partial charge < -0.3 is 4.43 Å². The average molecular weight is 320 g/mol. The zero-order chi connectivity index (χ0) is 13.3. The number of nitrogens with zero attached hydrogens (tertiary/aromatic N) is 1. The van der Waals surface area contributed by atoms with Crippen molar-refractivity contribution in [1.29, 1.82) is 0 Å². The number of rotatable bonds is 3. The molecule has 0 aliphatic rings. The SMILES string of the molecule is CC(C)(C)[Si](C)(C)OCc1ncc(Br)cc1F. The maximum absolute atomic E-state index is 13.6. The summed E-state index contributed by atoms with van der Waals surface area (Å²) in [5.41, 5.74) is 0.373. The minimum absolute atomic E-state index is 0.124. The zero-order valence-corrected chi connectivity index (χ0v) is 13.6. The molecule has 1 heterocycles. The Morgan fingerprint density at radius 3 is 2.47 bits per heavy atom. The summed E-state index contributed by atoms with van der Waals surface area (Å²) in [6.45, 7) is 11.0. The maximum Gasteiger partial charge on any atom is 0.192 e. The van der Waals surface area contributed by atoms with Gasteiger partial charge in [0.15, 0.2) is 8.32 Å². The molecule has 0 saturated carbocycles. The molecular weight excluding hydrogens is 301 g/mol. The largest absolute Gasteiger partial charge is 0.411 e. The van der Waals surface area contributed by atoms with Crippen LogP contribution < -0.4 is 0 Å². The van der Waals surface area contributed by atoms with E-state index in [1.54, 1.807) is 6.20 Å². The number of aromatic nitrogens is 1. The molecule has 0 fully saturated rings. The van der Waals surface area contributed by atoms with Gasteiger partial charge in [-0.15, -0.1) is 0 Å². The van der Waals surface area contributed by atoms with E-state index in [0.717, 1.165) is 0 Å². The fourth-order valence-electron chi connectivity index (χ4n) is 1.01. The van der Waals surface area contributed by atoms with Gasteiger partial charge in [-0.1, -0.05) is 20.8 Å². The third-order valence-corrected chi connectivity index (χ3v) is 8.17. The van der Waals surface area contributed by atoms with E-state index in [-0.39, 0.29) is 17.5 Å². The first kappa shape index (κ1) is 14.8. The Labute approximate surface area is 112 Å². The molecule has 2 nitrogen and oxygen atoms in total. The van der Waals surface area contributed by atoms with Gasteiger partial charge in [-0.05, 0) is 40.1 Å². The molecule has 1 rings (SSSR count). The zero-order valence-electron chi connectivity index (χ0n) is 11.0. The van der Waals surface area contributed by atoms with Gasteiger partial charge in [-0.2, -0.15) is 0 Å². The third kappa shape index (κ3) is 3.86. The smallest absolute Gasteiger partial charge is 0.192 e. The quantitative estimate of drug-likeness (QED) is 0.765. The molecule has 96 valence electrons. The molecule has 0 aromatic carbocycles. The molecule has 0 saturated heterocycles. The average Bonchev–Trinajstić information content (AvgIpc) is 2.14. The highest BCUT2D eigenvalue weighted by atomic mass is 79.9. The number of hydrogen-bond donors (Lipinski definition) is 0. The monoisotopic (exact) mass is 319 g/mol. The van der Waals surface area contributed by atoms with Crippen LogP contribution in [0.3, 0.4) is 0 Å². The van der Waals surface area contributed by atoms with Crippen molar-refractivity contribution in [3.05, 3.63) is 28.2 Å². The Balaban J connectivity index is 2.74. The van der Waals surface area contributed by atoms with Crippen molar-refractivity contribution in [2.24, 2.45) is 0 Å². The van der Waals surface area contributed by atoms with Gasteiger partial charge in [0.05, 0.1) is 6.61 Å². The molecule has 0 spiro atoms. The van der Waals surface area contributed by atoms with E-state index in [9.17, 15) is 4.39 Å². The summed E-state index contributed by atoms with van der Waals surface area (Å²) in [6.07, 6.45) is 1.59. The normalized spacial score (nSPS) is 12.9. The topological polar surface area (TPSA) is 22.1 Å². The minimum Gasteiger partial charge on any atom is -0.411 e. The second kappa shape index (κ2) is 5.16. The van der Waals surface area contributed by atoms with Gasteiger partial charge in [0, 0.05) is 10.7 Å². The highest BCUT2D eigenvalue weighted by Crippen LogP contribution is 2.37. The van der Waals surface area contributed by atoms with Crippen LogP contribution in [0.1, 0.15) is 26.5 Å². The lowest BCUT2D eigenvalue weighted by Crippen LogP contribution is -2.40. The predicted molar refractivity (Wildman–Crippen MR) is 73.9 cm³/mol. The number of hydrogen-bond acceptors (Lipinski definition) is 2. The van der Waals surface area contributed by atoms with Crippen LogP contribution in [-0.4, -0.2) is 13.3 Å². The van der Waals surface area contributed by atoms with Gasteiger partial charge in [0.2, 0.25) is 0 Å². The van der Waals surface area contributed by atoms with Crippen molar-refractivity contribution in [2.75, 3.05) is 0 Å². The van der Waals surface area contributed by atoms with Crippen LogP contribution in [0.15, 0.2) is 16.7 Å². The molecule has 1 aromatic heterocycles. The Hall–Kier alpha value is -0.263. The first-order valence-corrected chi connectivity index (χ1v) is 9.27. The molecule has 1 aromatic rings. The van der Waals surface area contributed by atoms with Crippen LogP contribution in [0.4, 0.5) is 4.39 Å². The van der Waals surface area contributed by atoms with Gasteiger partial charge in [0.1, 0.15) is 11.5 Å². The van der Waals surface area contributed by atoms with E-state index in [0.29, 0.717) is 10.2 Å². The lowest BCUT2D eigenvalue weighted by molar-refractivity contribution is 0.266. The van der Waals surface area contributed by atoms with Crippen molar-refractivity contribution < 1.29 is 8.82 Å². The molecule has 0 aliphatic heterocycles. The van der Waals surface area contributed by atoms with Crippen molar-refractivity contribution in [3.63, 3.8) is 0 Å². The lowest BCUT2D eigenvalue weighted by Gasteiger charge is -2.36. The Morgan fingerprint density at radius 2 is 2.00 bits per heavy atom. The maximum atomic E-state index is 13.6. The van der Waals surface area contributed by atoms with Gasteiger partial charge in [-0.25, -0.2) is 4.39 Å². The molecule has 17 heavy (non-hydrogen) atoms. The second-order valence-corrected chi connectivity index (χ2v) is 11.4. The minimum atomic E-state index is -1.84. The molecule has 0 radical (unpaired) electrons. The summed E-state index contributed by atoms with van der Waals surface area (Å²) in [7, 11) is -1.84. The first-order valence-electron chi connectivity index (χ1n) is 5.57. The number of pyridine rings is 1. The standard InChI is InChI=1S/C12H19BrFNOSi/c1-12(2,3)17(4,5)16-8-11-10(14)6-9(13)7-15-11/h6-7H,8H2,1-5H3. The second-order valence-electron chi connectivity index (χ2n) is 5.63. The molecular formula is C12H19BrFNOSi. The van der Waals surface area contributed by atoms with E-state index < -0.39 is 8.32 Å². The molecule has 0 N–H and O–H groups in total. The molecule has 0 atom stereocenters. The number of halogens is 2. The van der Waals surface area contributed by atoms with Crippen LogP contribution in [0, 0.1) is 5.82 Å². The van der Waals surface area contributed by atoms with Gasteiger partial charge >= 0.3 is 0 Å². The van der Waals surface area contributed by atoms with E-state index in [1.165, 1.54) is 6.07 Å². The molecule has 5 heteroatoms. The Kier molecular flexibility index (Phi) is 4.49. The molecule has 0 bridgehead atoms. The van der Waals surface area contributed by atoms with E-state index >= 15 is 0 Å². The molecule has 0 aliphatic carbocycles. The van der Waals surface area contributed by atoms with Crippen molar-refractivity contribution in [1.82, 2.24) is 4.98 Å². The van der Waals surface area contributed by atoms with Crippen molar-refractivity contribution in [3.8, 4) is 0 Å². The third-order valence-electron chi connectivity index (χ3n) is 3.26. The van der Waals surface area contributed by atoms with Gasteiger partial charge in [-0.3, -0.25) is 4.98 Å². The summed E-state index contributed by atoms with van der Waals surface area (Å²) in [4.78, 5) is 4.04.